The quantitative estimate of drug-likeness (QED) is 0.761. The fourth-order valence-electron chi connectivity index (χ4n) is 1.59. The van der Waals surface area contributed by atoms with Gasteiger partial charge in [-0.3, -0.25) is 3.83 Å². The molecule has 1 saturated heterocycles. The van der Waals surface area contributed by atoms with Gasteiger partial charge in [0, 0.05) is 6.42 Å². The highest BCUT2D eigenvalue weighted by Gasteiger charge is 2.47. The topological polar surface area (TPSA) is 35.5 Å². The lowest BCUT2D eigenvalue weighted by molar-refractivity contribution is -0.150. The van der Waals surface area contributed by atoms with Crippen LogP contribution < -0.4 is 0 Å². The van der Waals surface area contributed by atoms with Gasteiger partial charge in [-0.25, -0.2) is 4.79 Å². The van der Waals surface area contributed by atoms with Crippen molar-refractivity contribution in [2.75, 3.05) is 6.61 Å². The summed E-state index contributed by atoms with van der Waals surface area (Å²) in [6.07, 6.45) is 0.543. The Morgan fingerprint density at radius 1 is 1.36 bits per heavy atom. The van der Waals surface area contributed by atoms with E-state index in [1.54, 1.807) is 0 Å². The fourth-order valence-corrected chi connectivity index (χ4v) is 2.07. The van der Waals surface area contributed by atoms with Crippen molar-refractivity contribution in [2.45, 2.75) is 12.0 Å². The summed E-state index contributed by atoms with van der Waals surface area (Å²) in [7, 11) is 0. The van der Waals surface area contributed by atoms with Crippen molar-refractivity contribution in [1.29, 1.82) is 0 Å². The molecule has 0 radical (unpaired) electrons. The number of ether oxygens (including phenoxy) is 1. The van der Waals surface area contributed by atoms with Gasteiger partial charge in [-0.15, -0.1) is 0 Å². The third kappa shape index (κ3) is 1.35. The van der Waals surface area contributed by atoms with Gasteiger partial charge in [0.2, 0.25) is 5.60 Å². The SMILES string of the molecule is O=C1OCCC1(OBr)c1ccccc1. The molecule has 1 aromatic rings. The molecule has 1 fully saturated rings. The van der Waals surface area contributed by atoms with E-state index in [1.165, 1.54) is 0 Å². The van der Waals surface area contributed by atoms with Gasteiger partial charge in [-0.2, -0.15) is 0 Å². The smallest absolute Gasteiger partial charge is 0.344 e. The molecular weight excluding hydrogens is 248 g/mol. The van der Waals surface area contributed by atoms with Crippen LogP contribution in [-0.2, 0) is 19.0 Å². The number of hydrogen-bond donors (Lipinski definition) is 0. The lowest BCUT2D eigenvalue weighted by atomic mass is 9.93. The van der Waals surface area contributed by atoms with Gasteiger partial charge in [0.15, 0.2) is 0 Å². The van der Waals surface area contributed by atoms with Crippen molar-refractivity contribution < 1.29 is 13.4 Å². The Morgan fingerprint density at radius 2 is 2.07 bits per heavy atom. The Balaban J connectivity index is 2.43. The molecule has 1 aromatic carbocycles. The summed E-state index contributed by atoms with van der Waals surface area (Å²) >= 11 is 2.91. The number of carbonyl (C=O) groups excluding carboxylic acids is 1. The number of rotatable bonds is 2. The van der Waals surface area contributed by atoms with Gasteiger partial charge in [-0.1, -0.05) is 30.3 Å². The average molecular weight is 257 g/mol. The van der Waals surface area contributed by atoms with Crippen molar-refractivity contribution in [2.24, 2.45) is 0 Å². The zero-order chi connectivity index (χ0) is 10.0. The largest absolute Gasteiger partial charge is 0.463 e. The summed E-state index contributed by atoms with van der Waals surface area (Å²) in [5.74, 6) is -0.333. The van der Waals surface area contributed by atoms with Crippen molar-refractivity contribution in [3.05, 3.63) is 35.9 Å². The molecule has 0 aliphatic carbocycles. The first-order chi connectivity index (χ1) is 6.79. The Bertz CT molecular complexity index is 338. The Labute approximate surface area is 90.5 Å². The van der Waals surface area contributed by atoms with Crippen LogP contribution in [0, 0.1) is 0 Å². The first kappa shape index (κ1) is 9.68. The molecule has 0 saturated carbocycles. The third-order valence-corrected chi connectivity index (χ3v) is 2.94. The molecule has 1 aliphatic rings. The summed E-state index contributed by atoms with van der Waals surface area (Å²) in [5, 5.41) is 0. The van der Waals surface area contributed by atoms with E-state index in [9.17, 15) is 4.79 Å². The second-order valence-electron chi connectivity index (χ2n) is 3.16. The average Bonchev–Trinajstić information content (AvgIpc) is 2.62. The highest BCUT2D eigenvalue weighted by Crippen LogP contribution is 2.37. The Kier molecular flexibility index (Phi) is 2.56. The zero-order valence-electron chi connectivity index (χ0n) is 7.40. The second kappa shape index (κ2) is 3.71. The lowest BCUT2D eigenvalue weighted by Crippen LogP contribution is -2.31. The highest BCUT2D eigenvalue weighted by atomic mass is 79.9. The van der Waals surface area contributed by atoms with Gasteiger partial charge in [-0.05, 0) is 5.56 Å². The first-order valence-corrected chi connectivity index (χ1v) is 4.97. The van der Waals surface area contributed by atoms with Gasteiger partial charge in [0.1, 0.15) is 16.3 Å². The van der Waals surface area contributed by atoms with Crippen molar-refractivity contribution in [3.8, 4) is 0 Å². The number of hydrogen-bond acceptors (Lipinski definition) is 3. The van der Waals surface area contributed by atoms with Crippen LogP contribution >= 0.6 is 16.3 Å². The molecule has 1 aliphatic heterocycles. The van der Waals surface area contributed by atoms with Crippen LogP contribution in [0.1, 0.15) is 12.0 Å². The summed E-state index contributed by atoms with van der Waals surface area (Å²) in [6, 6.07) is 9.34. The molecule has 0 amide bonds. The molecule has 0 spiro atoms. The molecule has 14 heavy (non-hydrogen) atoms. The van der Waals surface area contributed by atoms with Crippen LogP contribution in [0.5, 0.6) is 0 Å². The minimum atomic E-state index is -0.957. The van der Waals surface area contributed by atoms with Crippen molar-refractivity contribution >= 4 is 22.2 Å². The minimum Gasteiger partial charge on any atom is -0.463 e. The van der Waals surface area contributed by atoms with E-state index in [4.69, 9.17) is 8.57 Å². The van der Waals surface area contributed by atoms with Crippen molar-refractivity contribution in [3.63, 3.8) is 0 Å². The second-order valence-corrected chi connectivity index (χ2v) is 3.48. The Hall–Kier alpha value is -0.870. The number of cyclic esters (lactones) is 1. The molecule has 0 aromatic heterocycles. The minimum absolute atomic E-state index is 0.333. The monoisotopic (exact) mass is 256 g/mol. The van der Waals surface area contributed by atoms with E-state index in [1.807, 2.05) is 30.3 Å². The predicted octanol–water partition coefficient (Wildman–Crippen LogP) is 2.16. The van der Waals surface area contributed by atoms with E-state index in [0.717, 1.165) is 5.56 Å². The molecule has 4 heteroatoms. The normalized spacial score (nSPS) is 26.2. The molecule has 3 nitrogen and oxygen atoms in total. The molecule has 1 heterocycles. The molecule has 2 rings (SSSR count). The standard InChI is InChI=1S/C10H9BrO3/c11-14-10(6-7-13-9(10)12)8-4-2-1-3-5-8/h1-5H,6-7H2. The number of carbonyl (C=O) groups is 1. The van der Waals surface area contributed by atoms with Crippen LogP contribution in [0.15, 0.2) is 30.3 Å². The van der Waals surface area contributed by atoms with E-state index in [-0.39, 0.29) is 5.97 Å². The predicted molar refractivity (Wildman–Crippen MR) is 53.7 cm³/mol. The summed E-state index contributed by atoms with van der Waals surface area (Å²) in [5.41, 5.74) is -0.138. The zero-order valence-corrected chi connectivity index (χ0v) is 8.99. The molecular formula is C10H9BrO3. The maximum absolute atomic E-state index is 11.6. The number of esters is 1. The third-order valence-electron chi connectivity index (χ3n) is 2.39. The van der Waals surface area contributed by atoms with Crippen LogP contribution in [0.4, 0.5) is 0 Å². The van der Waals surface area contributed by atoms with Gasteiger partial charge < -0.3 is 4.74 Å². The van der Waals surface area contributed by atoms with E-state index in [0.29, 0.717) is 13.0 Å². The van der Waals surface area contributed by atoms with Crippen molar-refractivity contribution in [1.82, 2.24) is 0 Å². The van der Waals surface area contributed by atoms with Crippen LogP contribution in [-0.4, -0.2) is 12.6 Å². The highest BCUT2D eigenvalue weighted by molar-refractivity contribution is 9.06. The van der Waals surface area contributed by atoms with Crippen LogP contribution in [0.25, 0.3) is 0 Å². The first-order valence-electron chi connectivity index (χ1n) is 4.32. The molecule has 0 bridgehead atoms. The van der Waals surface area contributed by atoms with E-state index in [2.05, 4.69) is 16.3 Å². The fraction of sp³-hybridized carbons (Fsp3) is 0.300. The summed E-state index contributed by atoms with van der Waals surface area (Å²) in [4.78, 5) is 11.6. The van der Waals surface area contributed by atoms with Crippen LogP contribution in [0.3, 0.4) is 0 Å². The van der Waals surface area contributed by atoms with Gasteiger partial charge >= 0.3 is 5.97 Å². The number of benzene rings is 1. The lowest BCUT2D eigenvalue weighted by Gasteiger charge is -2.21. The van der Waals surface area contributed by atoms with Gasteiger partial charge in [0.05, 0.1) is 6.61 Å². The number of halogens is 1. The molecule has 0 N–H and O–H groups in total. The molecule has 1 unspecified atom stereocenters. The summed E-state index contributed by atoms with van der Waals surface area (Å²) < 4.78 is 10.1. The summed E-state index contributed by atoms with van der Waals surface area (Å²) in [6.45, 7) is 0.402. The Morgan fingerprint density at radius 3 is 2.57 bits per heavy atom. The van der Waals surface area contributed by atoms with Gasteiger partial charge in [0.25, 0.3) is 0 Å². The van der Waals surface area contributed by atoms with E-state index < -0.39 is 5.60 Å². The van der Waals surface area contributed by atoms with E-state index >= 15 is 0 Å². The maximum atomic E-state index is 11.6. The molecule has 1 atom stereocenters. The molecule has 74 valence electrons. The van der Waals surface area contributed by atoms with Crippen LogP contribution in [0.2, 0.25) is 0 Å². The maximum Gasteiger partial charge on any atom is 0.344 e.